The van der Waals surface area contributed by atoms with Gasteiger partial charge in [-0.15, -0.1) is 10.2 Å². The first-order chi connectivity index (χ1) is 10.2. The number of anilines is 1. The molecule has 0 fully saturated rings. The zero-order chi connectivity index (χ0) is 14.8. The van der Waals surface area contributed by atoms with Crippen LogP contribution in [-0.2, 0) is 5.75 Å². The number of benzene rings is 1. The predicted octanol–water partition coefficient (Wildman–Crippen LogP) is 3.17. The Labute approximate surface area is 132 Å². The van der Waals surface area contributed by atoms with Gasteiger partial charge >= 0.3 is 0 Å². The third-order valence-corrected chi connectivity index (χ3v) is 4.92. The summed E-state index contributed by atoms with van der Waals surface area (Å²) >= 11 is 3.40. The van der Waals surface area contributed by atoms with Gasteiger partial charge in [-0.25, -0.2) is 0 Å². The molecule has 1 aromatic carbocycles. The highest BCUT2D eigenvalue weighted by atomic mass is 32.2. The van der Waals surface area contributed by atoms with Crippen LogP contribution in [0.25, 0.3) is 15.5 Å². The Hall–Kier alpha value is -1.60. The summed E-state index contributed by atoms with van der Waals surface area (Å²) in [5, 5.41) is 14.1. The van der Waals surface area contributed by atoms with Crippen molar-refractivity contribution in [2.24, 2.45) is 0 Å². The minimum absolute atomic E-state index is 0.846. The lowest BCUT2D eigenvalue weighted by molar-refractivity contribution is 0.887. The largest absolute Gasteiger partial charge is 0.378 e. The minimum Gasteiger partial charge on any atom is -0.378 e. The molecule has 0 bridgehead atoms. The third-order valence-electron chi connectivity index (χ3n) is 3.10. The van der Waals surface area contributed by atoms with E-state index in [1.165, 1.54) is 5.69 Å². The van der Waals surface area contributed by atoms with E-state index in [0.717, 1.165) is 32.9 Å². The Kier molecular flexibility index (Phi) is 4.12. The summed E-state index contributed by atoms with van der Waals surface area (Å²) in [6.45, 7) is 2.14. The van der Waals surface area contributed by atoms with Crippen LogP contribution in [0, 0.1) is 0 Å². The summed E-state index contributed by atoms with van der Waals surface area (Å²) in [6.07, 6.45) is 0. The molecule has 0 unspecified atom stereocenters. The van der Waals surface area contributed by atoms with Gasteiger partial charge in [0.1, 0.15) is 5.01 Å². The van der Waals surface area contributed by atoms with Gasteiger partial charge in [-0.2, -0.15) is 21.4 Å². The van der Waals surface area contributed by atoms with Gasteiger partial charge in [-0.3, -0.25) is 0 Å². The second-order valence-electron chi connectivity index (χ2n) is 4.80. The number of thioether (sulfide) groups is 1. The van der Waals surface area contributed by atoms with Crippen molar-refractivity contribution >= 4 is 33.7 Å². The lowest BCUT2D eigenvalue weighted by atomic mass is 10.2. The first-order valence-corrected chi connectivity index (χ1v) is 8.72. The number of hydrogen-bond donors (Lipinski definition) is 0. The van der Waals surface area contributed by atoms with Crippen LogP contribution in [0.15, 0.2) is 24.3 Å². The summed E-state index contributed by atoms with van der Waals surface area (Å²) in [7, 11) is 4.08. The molecule has 0 aliphatic carbocycles. The predicted molar refractivity (Wildman–Crippen MR) is 90.3 cm³/mol. The first kappa shape index (κ1) is 14.3. The molecule has 0 amide bonds. The van der Waals surface area contributed by atoms with Crippen LogP contribution >= 0.6 is 23.1 Å². The standard InChI is InChI=1S/C14H17N5S2/c1-4-20-9-12-15-16-14-19(12)17-13(21-14)10-6-5-7-11(8-10)18(2)3/h5-8H,4,9H2,1-3H3. The third kappa shape index (κ3) is 2.89. The molecule has 0 aliphatic rings. The van der Waals surface area contributed by atoms with E-state index in [1.54, 1.807) is 11.3 Å². The van der Waals surface area contributed by atoms with Crippen molar-refractivity contribution in [3.05, 3.63) is 30.1 Å². The van der Waals surface area contributed by atoms with Gasteiger partial charge in [0.2, 0.25) is 4.96 Å². The average molecular weight is 319 g/mol. The zero-order valence-corrected chi connectivity index (χ0v) is 13.9. The van der Waals surface area contributed by atoms with Crippen LogP contribution in [0.1, 0.15) is 12.7 Å². The summed E-state index contributed by atoms with van der Waals surface area (Å²) in [5.41, 5.74) is 2.28. The molecule has 3 aromatic rings. The maximum absolute atomic E-state index is 4.67. The van der Waals surface area contributed by atoms with E-state index in [-0.39, 0.29) is 0 Å². The topological polar surface area (TPSA) is 46.3 Å². The molecule has 110 valence electrons. The van der Waals surface area contributed by atoms with Crippen LogP contribution in [0.5, 0.6) is 0 Å². The van der Waals surface area contributed by atoms with Crippen LogP contribution in [-0.4, -0.2) is 39.7 Å². The number of hydrogen-bond acceptors (Lipinski definition) is 6. The van der Waals surface area contributed by atoms with Crippen LogP contribution in [0.4, 0.5) is 5.69 Å². The van der Waals surface area contributed by atoms with Gasteiger partial charge in [0.05, 0.1) is 5.75 Å². The Morgan fingerprint density at radius 3 is 2.90 bits per heavy atom. The number of nitrogens with zero attached hydrogens (tertiary/aromatic N) is 5. The lowest BCUT2D eigenvalue weighted by Gasteiger charge is -2.12. The van der Waals surface area contributed by atoms with E-state index in [0.29, 0.717) is 0 Å². The van der Waals surface area contributed by atoms with E-state index in [1.807, 2.05) is 30.4 Å². The van der Waals surface area contributed by atoms with Crippen molar-refractivity contribution in [2.75, 3.05) is 24.7 Å². The molecule has 0 saturated carbocycles. The Morgan fingerprint density at radius 1 is 1.29 bits per heavy atom. The highest BCUT2D eigenvalue weighted by molar-refractivity contribution is 7.98. The smallest absolute Gasteiger partial charge is 0.235 e. The normalized spacial score (nSPS) is 11.2. The maximum Gasteiger partial charge on any atom is 0.235 e. The van der Waals surface area contributed by atoms with E-state index in [9.17, 15) is 0 Å². The first-order valence-electron chi connectivity index (χ1n) is 6.75. The van der Waals surface area contributed by atoms with E-state index >= 15 is 0 Å². The van der Waals surface area contributed by atoms with Gasteiger partial charge in [0, 0.05) is 25.3 Å². The van der Waals surface area contributed by atoms with Crippen LogP contribution < -0.4 is 4.90 Å². The Morgan fingerprint density at radius 2 is 2.14 bits per heavy atom. The summed E-state index contributed by atoms with van der Waals surface area (Å²) in [5.74, 6) is 2.83. The second kappa shape index (κ2) is 6.03. The van der Waals surface area contributed by atoms with Crippen molar-refractivity contribution in [2.45, 2.75) is 12.7 Å². The second-order valence-corrected chi connectivity index (χ2v) is 7.03. The summed E-state index contributed by atoms with van der Waals surface area (Å²) in [4.78, 5) is 2.94. The van der Waals surface area contributed by atoms with Crippen molar-refractivity contribution in [1.82, 2.24) is 19.8 Å². The Balaban J connectivity index is 1.97. The fraction of sp³-hybridized carbons (Fsp3) is 0.357. The van der Waals surface area contributed by atoms with Gasteiger partial charge in [0.15, 0.2) is 5.82 Å². The van der Waals surface area contributed by atoms with Gasteiger partial charge < -0.3 is 4.90 Å². The van der Waals surface area contributed by atoms with E-state index < -0.39 is 0 Å². The molecule has 2 heterocycles. The van der Waals surface area contributed by atoms with Crippen molar-refractivity contribution in [1.29, 1.82) is 0 Å². The molecule has 0 atom stereocenters. The van der Waals surface area contributed by atoms with E-state index in [4.69, 9.17) is 0 Å². The van der Waals surface area contributed by atoms with Crippen molar-refractivity contribution in [3.63, 3.8) is 0 Å². The molecule has 0 saturated heterocycles. The number of rotatable bonds is 5. The maximum atomic E-state index is 4.67. The molecule has 0 N–H and O–H groups in total. The molecule has 3 rings (SSSR count). The van der Waals surface area contributed by atoms with Crippen molar-refractivity contribution in [3.8, 4) is 10.6 Å². The highest BCUT2D eigenvalue weighted by Crippen LogP contribution is 2.28. The fourth-order valence-electron chi connectivity index (χ4n) is 1.97. The minimum atomic E-state index is 0.846. The van der Waals surface area contributed by atoms with E-state index in [2.05, 4.69) is 51.4 Å². The molecular weight excluding hydrogens is 302 g/mol. The van der Waals surface area contributed by atoms with Crippen molar-refractivity contribution < 1.29 is 0 Å². The molecule has 0 radical (unpaired) electrons. The fourth-order valence-corrected chi connectivity index (χ4v) is 3.40. The zero-order valence-electron chi connectivity index (χ0n) is 12.3. The summed E-state index contributed by atoms with van der Waals surface area (Å²) < 4.78 is 1.87. The molecule has 0 aliphatic heterocycles. The SMILES string of the molecule is CCSCc1nnc2sc(-c3cccc(N(C)C)c3)nn12. The Bertz CT molecular complexity index is 747. The van der Waals surface area contributed by atoms with Gasteiger partial charge in [0.25, 0.3) is 0 Å². The molecule has 21 heavy (non-hydrogen) atoms. The average Bonchev–Trinajstić information content (AvgIpc) is 3.06. The monoisotopic (exact) mass is 319 g/mol. The number of aromatic nitrogens is 4. The molecule has 5 nitrogen and oxygen atoms in total. The van der Waals surface area contributed by atoms with Crippen LogP contribution in [0.3, 0.4) is 0 Å². The quantitative estimate of drug-likeness (QED) is 0.723. The molecule has 2 aromatic heterocycles. The van der Waals surface area contributed by atoms with Crippen LogP contribution in [0.2, 0.25) is 0 Å². The van der Waals surface area contributed by atoms with Gasteiger partial charge in [-0.05, 0) is 17.9 Å². The van der Waals surface area contributed by atoms with Gasteiger partial charge in [-0.1, -0.05) is 30.4 Å². The number of fused-ring (bicyclic) bond motifs is 1. The highest BCUT2D eigenvalue weighted by Gasteiger charge is 2.13. The molecule has 0 spiro atoms. The lowest BCUT2D eigenvalue weighted by Crippen LogP contribution is -2.08. The summed E-state index contributed by atoms with van der Waals surface area (Å²) in [6, 6.07) is 8.37. The molecule has 7 heteroatoms. The molecular formula is C14H17N5S2.